The van der Waals surface area contributed by atoms with Gasteiger partial charge in [-0.3, -0.25) is 4.79 Å². The number of hydrogen-bond donors (Lipinski definition) is 4. The number of nitrogens with zero attached hydrogens (tertiary/aromatic N) is 2. The molecule has 38 heavy (non-hydrogen) atoms. The highest BCUT2D eigenvalue weighted by atomic mass is 32.2. The van der Waals surface area contributed by atoms with E-state index in [0.717, 1.165) is 69.2 Å². The summed E-state index contributed by atoms with van der Waals surface area (Å²) in [6.45, 7) is 4.91. The van der Waals surface area contributed by atoms with Gasteiger partial charge in [-0.05, 0) is 76.8 Å². The summed E-state index contributed by atoms with van der Waals surface area (Å²) in [6.07, 6.45) is 6.42. The molecule has 2 aromatic carbocycles. The average Bonchev–Trinajstić information content (AvgIpc) is 2.90. The number of rotatable bonds is 20. The molecule has 0 fully saturated rings. The molecule has 0 aliphatic carbocycles. The lowest BCUT2D eigenvalue weighted by atomic mass is 10.1. The molecular weight excluding hydrogens is 500 g/mol. The topological polar surface area (TPSA) is 134 Å². The van der Waals surface area contributed by atoms with E-state index in [4.69, 9.17) is 11.5 Å². The summed E-state index contributed by atoms with van der Waals surface area (Å²) in [7, 11) is 0.245. The molecule has 0 aromatic heterocycles. The van der Waals surface area contributed by atoms with E-state index in [0.29, 0.717) is 49.3 Å². The van der Waals surface area contributed by atoms with E-state index in [-0.39, 0.29) is 5.91 Å². The van der Waals surface area contributed by atoms with Gasteiger partial charge < -0.3 is 26.6 Å². The summed E-state index contributed by atoms with van der Waals surface area (Å²) < 4.78 is 28.8. The van der Waals surface area contributed by atoms with Crippen molar-refractivity contribution in [3.05, 3.63) is 36.4 Å². The number of hydrogen-bond acceptors (Lipinski definition) is 7. The molecule has 1 amide bonds. The number of amides is 1. The molecule has 0 spiro atoms. The summed E-state index contributed by atoms with van der Waals surface area (Å²) in [6, 6.07) is 11.1. The molecule has 0 heterocycles. The summed E-state index contributed by atoms with van der Waals surface area (Å²) >= 11 is 0. The Morgan fingerprint density at radius 1 is 0.789 bits per heavy atom. The van der Waals surface area contributed by atoms with Gasteiger partial charge in [0.15, 0.2) is 0 Å². The van der Waals surface area contributed by atoms with E-state index < -0.39 is 10.0 Å². The molecule has 214 valence electrons. The molecule has 10 heteroatoms. The van der Waals surface area contributed by atoms with E-state index in [1.165, 1.54) is 0 Å². The highest BCUT2D eigenvalue weighted by molar-refractivity contribution is 7.89. The van der Waals surface area contributed by atoms with Crippen molar-refractivity contribution in [1.29, 1.82) is 0 Å². The number of unbranched alkanes of at least 4 members (excludes halogenated alkanes) is 3. The van der Waals surface area contributed by atoms with Crippen LogP contribution in [-0.4, -0.2) is 79.1 Å². The van der Waals surface area contributed by atoms with Crippen LogP contribution in [-0.2, 0) is 14.8 Å². The van der Waals surface area contributed by atoms with Gasteiger partial charge in [0.2, 0.25) is 15.9 Å². The van der Waals surface area contributed by atoms with Crippen LogP contribution in [0.15, 0.2) is 41.3 Å². The average molecular weight is 549 g/mol. The van der Waals surface area contributed by atoms with Crippen LogP contribution in [0.1, 0.15) is 51.4 Å². The summed E-state index contributed by atoms with van der Waals surface area (Å²) in [5.74, 6) is 0.155. The molecule has 0 saturated heterocycles. The van der Waals surface area contributed by atoms with Crippen molar-refractivity contribution in [2.75, 3.05) is 64.8 Å². The van der Waals surface area contributed by atoms with Crippen molar-refractivity contribution >= 4 is 32.4 Å². The minimum atomic E-state index is -3.64. The summed E-state index contributed by atoms with van der Waals surface area (Å²) in [5, 5.41) is 4.98. The van der Waals surface area contributed by atoms with E-state index in [1.54, 1.807) is 12.1 Å². The third kappa shape index (κ3) is 10.5. The van der Waals surface area contributed by atoms with Crippen LogP contribution in [0, 0.1) is 0 Å². The Morgan fingerprint density at radius 2 is 1.45 bits per heavy atom. The van der Waals surface area contributed by atoms with Gasteiger partial charge in [0.1, 0.15) is 0 Å². The van der Waals surface area contributed by atoms with E-state index in [1.807, 2.05) is 48.2 Å². The molecule has 2 aromatic rings. The normalized spacial score (nSPS) is 11.7. The second-order valence-electron chi connectivity index (χ2n) is 9.85. The SMILES string of the molecule is CN(C)c1cccc2c(S(=O)(=O)NCCCCCC(=O)N(CCCN)CCCCNCCCN)cccc12. The van der Waals surface area contributed by atoms with Gasteiger partial charge in [0.05, 0.1) is 4.90 Å². The Kier molecular flexibility index (Phi) is 14.6. The Hall–Kier alpha value is -2.24. The molecule has 2 rings (SSSR count). The number of benzene rings is 2. The van der Waals surface area contributed by atoms with Gasteiger partial charge in [-0.15, -0.1) is 0 Å². The van der Waals surface area contributed by atoms with Crippen LogP contribution < -0.4 is 26.4 Å². The van der Waals surface area contributed by atoms with Crippen LogP contribution in [0.4, 0.5) is 5.69 Å². The van der Waals surface area contributed by atoms with E-state index in [9.17, 15) is 13.2 Å². The van der Waals surface area contributed by atoms with E-state index >= 15 is 0 Å². The second-order valence-corrected chi connectivity index (χ2v) is 11.6. The smallest absolute Gasteiger partial charge is 0.241 e. The Balaban J connectivity index is 1.77. The Morgan fingerprint density at radius 3 is 2.18 bits per heavy atom. The van der Waals surface area contributed by atoms with E-state index in [2.05, 4.69) is 10.0 Å². The molecule has 0 unspecified atom stereocenters. The summed E-state index contributed by atoms with van der Waals surface area (Å²) in [5.41, 5.74) is 12.1. The minimum Gasteiger partial charge on any atom is -0.377 e. The minimum absolute atomic E-state index is 0.155. The zero-order chi connectivity index (χ0) is 27.8. The van der Waals surface area contributed by atoms with Gasteiger partial charge in [0, 0.05) is 56.6 Å². The number of nitrogens with two attached hydrogens (primary N) is 2. The maximum absolute atomic E-state index is 13.1. The van der Waals surface area contributed by atoms with Crippen molar-refractivity contribution in [2.45, 2.75) is 56.3 Å². The standard InChI is InChI=1S/C28H48N6O3S/c1-33(2)26-14-8-13-25-24(26)12-9-15-27(25)38(36,37)32-21-5-3-4-16-28(35)34(23-11-18-30)22-7-6-19-31-20-10-17-29/h8-9,12-15,31-32H,3-7,10-11,16-23,29-30H2,1-2H3. The monoisotopic (exact) mass is 548 g/mol. The van der Waals surface area contributed by atoms with Crippen LogP contribution in [0.5, 0.6) is 0 Å². The molecule has 0 saturated carbocycles. The highest BCUT2D eigenvalue weighted by Gasteiger charge is 2.18. The largest absolute Gasteiger partial charge is 0.377 e. The second kappa shape index (κ2) is 17.4. The van der Waals surface area contributed by atoms with Crippen LogP contribution >= 0.6 is 0 Å². The van der Waals surface area contributed by atoms with Gasteiger partial charge in [0.25, 0.3) is 0 Å². The van der Waals surface area contributed by atoms with Gasteiger partial charge in [-0.25, -0.2) is 13.1 Å². The third-order valence-electron chi connectivity index (χ3n) is 6.56. The maximum atomic E-state index is 13.1. The van der Waals surface area contributed by atoms with Gasteiger partial charge >= 0.3 is 0 Å². The fraction of sp³-hybridized carbons (Fsp3) is 0.607. The molecule has 6 N–H and O–H groups in total. The predicted molar refractivity (Wildman–Crippen MR) is 158 cm³/mol. The van der Waals surface area contributed by atoms with Crippen molar-refractivity contribution in [1.82, 2.24) is 14.9 Å². The zero-order valence-electron chi connectivity index (χ0n) is 23.3. The van der Waals surface area contributed by atoms with Crippen molar-refractivity contribution in [3.8, 4) is 0 Å². The molecule has 0 radical (unpaired) electrons. The third-order valence-corrected chi connectivity index (χ3v) is 8.08. The lowest BCUT2D eigenvalue weighted by Crippen LogP contribution is -2.34. The Labute approximate surface area is 229 Å². The van der Waals surface area contributed by atoms with Crippen molar-refractivity contribution in [2.24, 2.45) is 11.5 Å². The first kappa shape index (κ1) is 32.0. The first-order valence-electron chi connectivity index (χ1n) is 13.9. The molecular formula is C28H48N6O3S. The molecule has 0 bridgehead atoms. The number of anilines is 1. The zero-order valence-corrected chi connectivity index (χ0v) is 24.1. The van der Waals surface area contributed by atoms with Gasteiger partial charge in [-0.1, -0.05) is 30.7 Å². The fourth-order valence-electron chi connectivity index (χ4n) is 4.46. The number of sulfonamides is 1. The molecule has 0 aliphatic heterocycles. The molecule has 9 nitrogen and oxygen atoms in total. The molecule has 0 atom stereocenters. The number of carbonyl (C=O) groups is 1. The predicted octanol–water partition coefficient (Wildman–Crippen LogP) is 2.64. The van der Waals surface area contributed by atoms with Crippen LogP contribution in [0.25, 0.3) is 10.8 Å². The lowest BCUT2D eigenvalue weighted by Gasteiger charge is -2.22. The lowest BCUT2D eigenvalue weighted by molar-refractivity contribution is -0.131. The Bertz CT molecular complexity index is 1080. The van der Waals surface area contributed by atoms with Gasteiger partial charge in [-0.2, -0.15) is 0 Å². The van der Waals surface area contributed by atoms with Crippen LogP contribution in [0.2, 0.25) is 0 Å². The quantitative estimate of drug-likeness (QED) is 0.187. The maximum Gasteiger partial charge on any atom is 0.241 e. The molecule has 0 aliphatic rings. The number of nitrogens with one attached hydrogen (secondary N) is 2. The first-order valence-corrected chi connectivity index (χ1v) is 15.4. The van der Waals surface area contributed by atoms with Crippen LogP contribution in [0.3, 0.4) is 0 Å². The summed E-state index contributed by atoms with van der Waals surface area (Å²) in [4.78, 5) is 17.0. The fourth-order valence-corrected chi connectivity index (χ4v) is 5.75. The first-order chi connectivity index (χ1) is 18.3. The van der Waals surface area contributed by atoms with Crippen molar-refractivity contribution < 1.29 is 13.2 Å². The highest BCUT2D eigenvalue weighted by Crippen LogP contribution is 2.30. The number of fused-ring (bicyclic) bond motifs is 1. The number of carbonyl (C=O) groups excluding carboxylic acids is 1. The van der Waals surface area contributed by atoms with Crippen molar-refractivity contribution in [3.63, 3.8) is 0 Å².